The molecule has 7 N–H and O–H groups in total. The van der Waals surface area contributed by atoms with E-state index in [1.54, 1.807) is 122 Å². The van der Waals surface area contributed by atoms with Crippen molar-refractivity contribution in [2.75, 3.05) is 18.2 Å². The first-order valence-corrected chi connectivity index (χ1v) is 30.5. The van der Waals surface area contributed by atoms with Gasteiger partial charge in [0.1, 0.15) is 28.8 Å². The predicted molar refractivity (Wildman–Crippen MR) is 368 cm³/mol. The average molecular weight is 1330 g/mol. The van der Waals surface area contributed by atoms with Gasteiger partial charge in [0, 0.05) is 47.0 Å². The molecule has 9 aromatic rings. The Morgan fingerprint density at radius 3 is 1.57 bits per heavy atom. The quantitative estimate of drug-likeness (QED) is 0.0234. The van der Waals surface area contributed by atoms with Gasteiger partial charge in [-0.1, -0.05) is 71.9 Å². The number of carbonyl (C=O) groups excluding carboxylic acids is 2. The lowest BCUT2D eigenvalue weighted by Gasteiger charge is -2.19. The Balaban J connectivity index is 0.000000215. The number of aryl methyl sites for hydroxylation is 3. The number of carbonyl (C=O) groups is 2. The molecule has 9 rings (SSSR count). The number of pyridine rings is 2. The number of halogens is 2. The fourth-order valence-electron chi connectivity index (χ4n) is 10.6. The van der Waals surface area contributed by atoms with Gasteiger partial charge >= 0.3 is 17.1 Å². The molecule has 0 amide bonds. The van der Waals surface area contributed by atoms with Crippen LogP contribution in [0.4, 0.5) is 20.4 Å². The zero-order chi connectivity index (χ0) is 71.7. The maximum Gasteiger partial charge on any atom is 0.331 e. The number of nitriles is 3. The van der Waals surface area contributed by atoms with Crippen LogP contribution in [0.5, 0.6) is 17.4 Å². The Morgan fingerprint density at radius 1 is 0.561 bits per heavy atom. The summed E-state index contributed by atoms with van der Waals surface area (Å²) in [5.74, 6) is -2.09. The number of nitrogens with two attached hydrogens (primary N) is 1. The second-order valence-electron chi connectivity index (χ2n) is 23.4. The number of methoxy groups -OCH3 is 1. The van der Waals surface area contributed by atoms with E-state index in [1.165, 1.54) is 34.9 Å². The van der Waals surface area contributed by atoms with Gasteiger partial charge in [-0.2, -0.15) is 24.6 Å². The van der Waals surface area contributed by atoms with E-state index in [9.17, 15) is 47.1 Å². The molecule has 0 saturated heterocycles. The van der Waals surface area contributed by atoms with Gasteiger partial charge in [0.25, 0.3) is 16.7 Å². The number of aromatic nitrogens is 8. The number of hydrogen-bond donors (Lipinski definition) is 6. The normalized spacial score (nSPS) is 11.1. The Labute approximate surface area is 560 Å². The van der Waals surface area contributed by atoms with E-state index in [-0.39, 0.29) is 76.1 Å². The zero-order valence-corrected chi connectivity index (χ0v) is 55.2. The first-order chi connectivity index (χ1) is 46.6. The molecule has 4 aromatic carbocycles. The van der Waals surface area contributed by atoms with E-state index in [0.717, 1.165) is 38.5 Å². The topological polar surface area (TPSA) is 363 Å². The van der Waals surface area contributed by atoms with Crippen molar-refractivity contribution in [3.8, 4) is 35.6 Å². The molecule has 500 valence electrons. The molecule has 0 fully saturated rings. The van der Waals surface area contributed by atoms with Crippen molar-refractivity contribution in [2.24, 2.45) is 0 Å². The van der Waals surface area contributed by atoms with Crippen LogP contribution in [0.2, 0.25) is 0 Å². The fourth-order valence-corrected chi connectivity index (χ4v) is 10.6. The van der Waals surface area contributed by atoms with Crippen LogP contribution >= 0.6 is 0 Å². The van der Waals surface area contributed by atoms with E-state index in [1.807, 2.05) is 68.5 Å². The molecule has 0 aliphatic rings. The molecule has 0 radical (unpaired) electrons. The Hall–Kier alpha value is -12.7. The summed E-state index contributed by atoms with van der Waals surface area (Å²) in [5.41, 5.74) is 8.92. The number of ketones is 2. The van der Waals surface area contributed by atoms with Crippen LogP contribution in [0.3, 0.4) is 0 Å². The lowest BCUT2D eigenvalue weighted by molar-refractivity contribution is 0.102. The number of benzene rings is 4. The van der Waals surface area contributed by atoms with Gasteiger partial charge in [-0.05, 0) is 180 Å². The SMILES string of the molecule is COc1ccc(CNc2cc(Cn3c(C(=O)c4cc(C)cc(/C=C/C#N)c4)c(C(C)C)c(=O)[nH]c3=O)cc(F)n2)cc1.Cc1cc(/C=C/C#N)cc(C(=O)c2[nH]c(=O)[nH]c(=O)c2C(C)C)c1.Cc1cc(/C=C/C#N)cc(Oc2c(C(C)C)c(=O)[nH]c(=O)n2Cc2cc(N)nc(F)c2)c1. The summed E-state index contributed by atoms with van der Waals surface area (Å²) in [5, 5.41) is 29.4. The third-order valence-corrected chi connectivity index (χ3v) is 14.7. The minimum absolute atomic E-state index is 0.000405. The molecule has 0 unspecified atom stereocenters. The molecule has 23 nitrogen and oxygen atoms in total. The largest absolute Gasteiger partial charge is 0.497 e. The summed E-state index contributed by atoms with van der Waals surface area (Å²) in [6.07, 6.45) is 8.73. The molecular weight excluding hydrogens is 1260 g/mol. The highest BCUT2D eigenvalue weighted by atomic mass is 19.1. The van der Waals surface area contributed by atoms with Gasteiger partial charge in [-0.3, -0.25) is 48.1 Å². The molecule has 0 aliphatic carbocycles. The maximum atomic E-state index is 14.6. The Bertz CT molecular complexity index is 5110. The third-order valence-electron chi connectivity index (χ3n) is 14.7. The van der Waals surface area contributed by atoms with Gasteiger partial charge in [0.15, 0.2) is 0 Å². The summed E-state index contributed by atoms with van der Waals surface area (Å²) in [7, 11) is 1.58. The van der Waals surface area contributed by atoms with Gasteiger partial charge in [0.2, 0.25) is 29.3 Å². The number of nitrogens with zero attached hydrogens (tertiary/aromatic N) is 7. The number of nitrogens with one attached hydrogen (secondary N) is 5. The Morgan fingerprint density at radius 2 is 1.04 bits per heavy atom. The molecule has 0 aliphatic heterocycles. The number of allylic oxidation sites excluding steroid dienone is 3. The second kappa shape index (κ2) is 32.9. The van der Waals surface area contributed by atoms with E-state index in [4.69, 9.17) is 31.0 Å². The molecule has 5 heterocycles. The van der Waals surface area contributed by atoms with Crippen molar-refractivity contribution in [1.82, 2.24) is 39.0 Å². The first-order valence-electron chi connectivity index (χ1n) is 30.5. The van der Waals surface area contributed by atoms with Crippen molar-refractivity contribution in [3.05, 3.63) is 285 Å². The van der Waals surface area contributed by atoms with Crippen LogP contribution in [0, 0.1) is 66.7 Å². The highest BCUT2D eigenvalue weighted by Crippen LogP contribution is 2.30. The lowest BCUT2D eigenvalue weighted by Crippen LogP contribution is -2.38. The van der Waals surface area contributed by atoms with Crippen LogP contribution < -0.4 is 54.3 Å². The van der Waals surface area contributed by atoms with Gasteiger partial charge in [-0.25, -0.2) is 24.4 Å². The van der Waals surface area contributed by atoms with Crippen LogP contribution in [0.1, 0.15) is 158 Å². The van der Waals surface area contributed by atoms with Crippen molar-refractivity contribution in [2.45, 2.75) is 99.7 Å². The van der Waals surface area contributed by atoms with E-state index >= 15 is 0 Å². The number of rotatable bonds is 20. The summed E-state index contributed by atoms with van der Waals surface area (Å²) in [6, 6.07) is 33.9. The summed E-state index contributed by atoms with van der Waals surface area (Å²) in [4.78, 5) is 118. The third kappa shape index (κ3) is 19.0. The van der Waals surface area contributed by atoms with Crippen LogP contribution in [-0.2, 0) is 19.6 Å². The minimum atomic E-state index is -0.796. The smallest absolute Gasteiger partial charge is 0.331 e. The van der Waals surface area contributed by atoms with E-state index in [0.29, 0.717) is 45.9 Å². The summed E-state index contributed by atoms with van der Waals surface area (Å²) < 4.78 is 42.0. The standard InChI is InChI=1S/C32H30FN5O4.C23H22FN5O3.C18H17N3O3/c1-19(2)28-29(30(39)24-13-20(3)12-22(14-24)6-5-11-34)38(32(41)37-31(28)40)18-23-15-26(33)36-27(16-23)35-17-21-7-9-25(42-4)10-8-21;1-13(2)20-21(30)28-23(31)29(12-16-10-18(24)27-19(26)11-16)22(20)32-17-8-14(3)7-15(9-17)5-4-6-25;1-10(2)14-15(20-18(24)21-17(14)23)16(22)13-8-11(3)7-12(9-13)5-4-6-19/h5-10,12-16,19H,17-18H2,1-4H3,(H,35,36)(H,37,40,41);4-5,7-11,13H,12H2,1-3H3,(H2,26,27)(H,28,30,31);4-5,7-10H,1-3H3,(H2,20,21,23,24)/b6-5+;2*5-4+. The summed E-state index contributed by atoms with van der Waals surface area (Å²) in [6.45, 7) is 16.2. The summed E-state index contributed by atoms with van der Waals surface area (Å²) >= 11 is 0. The predicted octanol–water partition coefficient (Wildman–Crippen LogP) is 10.7. The highest BCUT2D eigenvalue weighted by Gasteiger charge is 2.27. The fraction of sp³-hybridized carbons (Fsp3) is 0.219. The van der Waals surface area contributed by atoms with Crippen LogP contribution in [0.25, 0.3) is 18.2 Å². The van der Waals surface area contributed by atoms with Crippen molar-refractivity contribution in [1.29, 1.82) is 15.8 Å². The van der Waals surface area contributed by atoms with Gasteiger partial charge < -0.3 is 25.5 Å². The molecule has 0 atom stereocenters. The number of ether oxygens (including phenoxy) is 2. The second-order valence-corrected chi connectivity index (χ2v) is 23.4. The lowest BCUT2D eigenvalue weighted by atomic mass is 9.95. The number of anilines is 2. The molecule has 0 bridgehead atoms. The van der Waals surface area contributed by atoms with Crippen LogP contribution in [-0.4, -0.2) is 57.7 Å². The highest BCUT2D eigenvalue weighted by molar-refractivity contribution is 6.10. The molecule has 0 saturated carbocycles. The first kappa shape index (κ1) is 72.7. The minimum Gasteiger partial charge on any atom is -0.497 e. The molecule has 25 heteroatoms. The maximum absolute atomic E-state index is 14.6. The zero-order valence-electron chi connectivity index (χ0n) is 55.2. The number of nitrogen functional groups attached to an aromatic ring is 1. The molecular formula is C73H69F2N13O10. The monoisotopic (exact) mass is 1330 g/mol. The van der Waals surface area contributed by atoms with Crippen molar-refractivity contribution >= 4 is 41.4 Å². The van der Waals surface area contributed by atoms with Gasteiger partial charge in [0.05, 0.1) is 49.7 Å². The van der Waals surface area contributed by atoms with E-state index in [2.05, 4.69) is 35.2 Å². The van der Waals surface area contributed by atoms with Gasteiger partial charge in [-0.15, -0.1) is 0 Å². The average Bonchev–Trinajstić information content (AvgIpc) is 0.789. The molecule has 5 aromatic heterocycles. The van der Waals surface area contributed by atoms with Crippen molar-refractivity contribution in [3.63, 3.8) is 0 Å². The number of hydrogen-bond acceptors (Lipinski definition) is 17. The Kier molecular flexibility index (Phi) is 24.4. The van der Waals surface area contributed by atoms with Crippen molar-refractivity contribution < 1.29 is 27.8 Å². The molecule has 98 heavy (non-hydrogen) atoms. The number of aromatic amines is 4. The van der Waals surface area contributed by atoms with Crippen LogP contribution in [0.15, 0.2) is 150 Å². The molecule has 0 spiro atoms. The number of H-pyrrole nitrogens is 4. The van der Waals surface area contributed by atoms with E-state index < -0.39 is 63.1 Å².